The molecule has 2 nitrogen and oxygen atoms in total. The summed E-state index contributed by atoms with van der Waals surface area (Å²) in [5.41, 5.74) is 0. The van der Waals surface area contributed by atoms with Crippen LogP contribution in [0.3, 0.4) is 0 Å². The second kappa shape index (κ2) is 2.12. The molecule has 0 rings (SSSR count). The van der Waals surface area contributed by atoms with E-state index in [0.717, 1.165) is 0 Å². The lowest BCUT2D eigenvalue weighted by atomic mass is 10.4. The third-order valence-electron chi connectivity index (χ3n) is 0.646. The van der Waals surface area contributed by atoms with Gasteiger partial charge in [0.05, 0.1) is 11.8 Å². The monoisotopic (exact) mass is 212 g/mol. The maximum Gasteiger partial charge on any atom is 0.307 e. The Morgan fingerprint density at radius 1 is 1.25 bits per heavy atom. The van der Waals surface area contributed by atoms with Gasteiger partial charge in [0.1, 0.15) is 0 Å². The van der Waals surface area contributed by atoms with Crippen LogP contribution in [0.25, 0.3) is 0 Å². The maximum atomic E-state index is 11.4. The van der Waals surface area contributed by atoms with E-state index in [0.29, 0.717) is 0 Å². The number of hydrogen-bond acceptors (Lipinski definition) is 1. The van der Waals surface area contributed by atoms with Crippen molar-refractivity contribution in [3.63, 3.8) is 0 Å². The summed E-state index contributed by atoms with van der Waals surface area (Å²) in [6.07, 6.45) is -1.20. The van der Waals surface area contributed by atoms with E-state index < -0.39 is 28.0 Å². The Kier molecular flexibility index (Phi) is 1.98. The fourth-order valence-electron chi connectivity index (χ4n) is 0.331. The molecule has 0 bridgehead atoms. The molecule has 0 aromatic carbocycles. The third-order valence-corrected chi connectivity index (χ3v) is 1.35. The van der Waals surface area contributed by atoms with Crippen molar-refractivity contribution in [1.82, 2.24) is 0 Å². The average molecular weight is 212 g/mol. The predicted octanol–water partition coefficient (Wildman–Crippen LogP) is 3.27. The molecule has 0 aromatic heterocycles. The number of aliphatic carboxylic acids is 1. The Balaban J connectivity index is 4.47. The fourth-order valence-corrected chi connectivity index (χ4v) is 0.791. The largest absolute Gasteiger partial charge is 0.481 e. The zero-order valence-corrected chi connectivity index (χ0v) is 6.33. The standard InChI is InChI=1S/C4H5F5O2S/c5-12(6,7,8,9)3-1-2-4(10)11/h1,3H,2H2,(H,10,11)/b3-1+. The second-order valence-corrected chi connectivity index (χ2v) is 4.33. The minimum atomic E-state index is -9.55. The normalized spacial score (nSPS) is 18.8. The summed E-state index contributed by atoms with van der Waals surface area (Å²) in [6, 6.07) is 0. The molecule has 0 aliphatic rings. The lowest BCUT2D eigenvalue weighted by molar-refractivity contribution is -0.135. The second-order valence-electron chi connectivity index (χ2n) is 2.00. The van der Waals surface area contributed by atoms with E-state index in [-0.39, 0.29) is 6.08 Å². The zero-order valence-electron chi connectivity index (χ0n) is 5.52. The van der Waals surface area contributed by atoms with E-state index in [4.69, 9.17) is 5.11 Å². The highest BCUT2D eigenvalue weighted by Crippen LogP contribution is 2.98. The van der Waals surface area contributed by atoms with Crippen LogP contribution < -0.4 is 0 Å². The van der Waals surface area contributed by atoms with Crippen LogP contribution in [0.4, 0.5) is 19.4 Å². The van der Waals surface area contributed by atoms with E-state index in [1.807, 2.05) is 0 Å². The molecule has 0 aliphatic heterocycles. The zero-order chi connectivity index (χ0) is 10.1. The van der Waals surface area contributed by atoms with Crippen LogP contribution in [0.1, 0.15) is 6.42 Å². The van der Waals surface area contributed by atoms with Gasteiger partial charge in [-0.05, 0) is 0 Å². The first kappa shape index (κ1) is 11.2. The molecule has 0 saturated heterocycles. The number of carboxylic acid groups (broad SMARTS) is 1. The van der Waals surface area contributed by atoms with Crippen molar-refractivity contribution in [1.29, 1.82) is 0 Å². The van der Waals surface area contributed by atoms with Gasteiger partial charge >= 0.3 is 16.2 Å². The van der Waals surface area contributed by atoms with Crippen LogP contribution >= 0.6 is 10.2 Å². The van der Waals surface area contributed by atoms with Crippen LogP contribution in [0, 0.1) is 0 Å². The molecule has 74 valence electrons. The fraction of sp³-hybridized carbons (Fsp3) is 0.250. The van der Waals surface area contributed by atoms with Crippen molar-refractivity contribution in [3.05, 3.63) is 11.5 Å². The highest BCUT2D eigenvalue weighted by Gasteiger charge is 2.60. The molecule has 8 heteroatoms. The Morgan fingerprint density at radius 3 is 1.92 bits per heavy atom. The van der Waals surface area contributed by atoms with Crippen LogP contribution in [0.15, 0.2) is 11.5 Å². The van der Waals surface area contributed by atoms with Gasteiger partial charge in [-0.2, -0.15) is 0 Å². The summed E-state index contributed by atoms with van der Waals surface area (Å²) < 4.78 is 56.9. The van der Waals surface area contributed by atoms with Crippen LogP contribution in [-0.4, -0.2) is 11.1 Å². The van der Waals surface area contributed by atoms with Gasteiger partial charge in [-0.3, -0.25) is 4.79 Å². The van der Waals surface area contributed by atoms with E-state index in [1.165, 1.54) is 0 Å². The number of carboxylic acids is 1. The SMILES string of the molecule is O=C(O)C/C=C/S(F)(F)(F)(F)F. The Morgan fingerprint density at radius 2 is 1.67 bits per heavy atom. The van der Waals surface area contributed by atoms with Crippen LogP contribution in [0.5, 0.6) is 0 Å². The highest BCUT2D eigenvalue weighted by atomic mass is 32.5. The van der Waals surface area contributed by atoms with E-state index in [2.05, 4.69) is 0 Å². The molecule has 0 aromatic rings. The molecule has 0 unspecified atom stereocenters. The molecular weight excluding hydrogens is 207 g/mol. The smallest absolute Gasteiger partial charge is 0.307 e. The van der Waals surface area contributed by atoms with E-state index >= 15 is 0 Å². The topological polar surface area (TPSA) is 37.3 Å². The first-order valence-corrected chi connectivity index (χ1v) is 4.54. The lowest BCUT2D eigenvalue weighted by Crippen LogP contribution is -2.00. The summed E-state index contributed by atoms with van der Waals surface area (Å²) >= 11 is 0. The molecule has 0 amide bonds. The summed E-state index contributed by atoms with van der Waals surface area (Å²) in [4.78, 5) is 9.64. The van der Waals surface area contributed by atoms with Gasteiger partial charge in [-0.1, -0.05) is 25.5 Å². The minimum Gasteiger partial charge on any atom is -0.481 e. The summed E-state index contributed by atoms with van der Waals surface area (Å²) in [5.74, 6) is -1.60. The van der Waals surface area contributed by atoms with Crippen molar-refractivity contribution in [2.24, 2.45) is 0 Å². The predicted molar refractivity (Wildman–Crippen MR) is 34.5 cm³/mol. The molecule has 1 N–H and O–H groups in total. The minimum absolute atomic E-state index is 0.121. The highest BCUT2D eigenvalue weighted by molar-refractivity contribution is 8.48. The van der Waals surface area contributed by atoms with Gasteiger partial charge in [0.15, 0.2) is 0 Å². The molecule has 0 spiro atoms. The molecule has 0 fully saturated rings. The number of hydrogen-bond donors (Lipinski definition) is 1. The quantitative estimate of drug-likeness (QED) is 0.729. The number of rotatable bonds is 3. The van der Waals surface area contributed by atoms with Crippen molar-refractivity contribution >= 4 is 16.2 Å². The Hall–Kier alpha value is -0.790. The molecule has 0 atom stereocenters. The van der Waals surface area contributed by atoms with Crippen molar-refractivity contribution < 1.29 is 29.3 Å². The summed E-state index contributed by atoms with van der Waals surface area (Å²) in [5, 5.41) is 6.56. The van der Waals surface area contributed by atoms with Gasteiger partial charge in [0, 0.05) is 0 Å². The van der Waals surface area contributed by atoms with Gasteiger partial charge < -0.3 is 5.11 Å². The van der Waals surface area contributed by atoms with E-state index in [1.54, 1.807) is 0 Å². The molecule has 0 saturated carbocycles. The lowest BCUT2D eigenvalue weighted by Gasteiger charge is -2.36. The van der Waals surface area contributed by atoms with Gasteiger partial charge in [-0.15, -0.1) is 0 Å². The third kappa shape index (κ3) is 9.21. The van der Waals surface area contributed by atoms with Crippen molar-refractivity contribution in [2.75, 3.05) is 0 Å². The molecule has 0 radical (unpaired) electrons. The molecule has 0 aliphatic carbocycles. The van der Waals surface area contributed by atoms with Crippen molar-refractivity contribution in [2.45, 2.75) is 6.42 Å². The first-order chi connectivity index (χ1) is 4.89. The Labute approximate surface area is 64.4 Å². The molecule has 0 heterocycles. The van der Waals surface area contributed by atoms with Crippen LogP contribution in [0.2, 0.25) is 0 Å². The molecular formula is C4H5F5O2S. The Bertz CT molecular complexity index is 225. The van der Waals surface area contributed by atoms with Gasteiger partial charge in [0.25, 0.3) is 0 Å². The van der Waals surface area contributed by atoms with Gasteiger partial charge in [0.2, 0.25) is 0 Å². The van der Waals surface area contributed by atoms with Gasteiger partial charge in [-0.25, -0.2) is 0 Å². The number of carbonyl (C=O) groups is 1. The molecule has 12 heavy (non-hydrogen) atoms. The first-order valence-electron chi connectivity index (χ1n) is 2.53. The summed E-state index contributed by atoms with van der Waals surface area (Å²) in [6.45, 7) is 0. The van der Waals surface area contributed by atoms with Crippen LogP contribution in [-0.2, 0) is 4.79 Å². The van der Waals surface area contributed by atoms with Crippen molar-refractivity contribution in [3.8, 4) is 0 Å². The maximum absolute atomic E-state index is 11.4. The average Bonchev–Trinajstić information content (AvgIpc) is 1.54. The van der Waals surface area contributed by atoms with E-state index in [9.17, 15) is 24.2 Å². The summed E-state index contributed by atoms with van der Waals surface area (Å²) in [7, 11) is -9.55. The number of halogens is 5.